The number of aryl methyl sites for hydroxylation is 1. The molecule has 0 aliphatic carbocycles. The number of nitrogens with zero attached hydrogens (tertiary/aromatic N) is 1. The topological polar surface area (TPSA) is 67.2 Å². The molecule has 1 atom stereocenters. The van der Waals surface area contributed by atoms with Crippen LogP contribution in [0.3, 0.4) is 0 Å². The van der Waals surface area contributed by atoms with Crippen molar-refractivity contribution < 1.29 is 14.3 Å². The van der Waals surface area contributed by atoms with Gasteiger partial charge in [-0.3, -0.25) is 4.79 Å². The standard InChI is InChI=1S/C22H29NO3/c1-20(2,3)18(24)13-15-22(16-23,19(25)26-21(4,5)6)14-12-17-10-8-7-9-11-17/h7-11,13,15H,12,14H2,1-6H3/b15-13-/t22-/m0/s1. The molecule has 0 unspecified atom stereocenters. The molecule has 0 radical (unpaired) electrons. The van der Waals surface area contributed by atoms with Crippen LogP contribution in [0.1, 0.15) is 53.5 Å². The van der Waals surface area contributed by atoms with Crippen LogP contribution in [-0.4, -0.2) is 17.4 Å². The molecular formula is C22H29NO3. The Morgan fingerprint density at radius 2 is 1.65 bits per heavy atom. The van der Waals surface area contributed by atoms with Gasteiger partial charge >= 0.3 is 5.97 Å². The number of esters is 1. The molecule has 0 saturated heterocycles. The van der Waals surface area contributed by atoms with Gasteiger partial charge in [0.25, 0.3) is 0 Å². The van der Waals surface area contributed by atoms with Crippen molar-refractivity contribution >= 4 is 11.8 Å². The van der Waals surface area contributed by atoms with Gasteiger partial charge in [-0.2, -0.15) is 5.26 Å². The predicted molar refractivity (Wildman–Crippen MR) is 102 cm³/mol. The summed E-state index contributed by atoms with van der Waals surface area (Å²) in [6.07, 6.45) is 3.54. The van der Waals surface area contributed by atoms with E-state index in [1.807, 2.05) is 30.3 Å². The zero-order chi connectivity index (χ0) is 20.0. The number of hydrogen-bond acceptors (Lipinski definition) is 4. The van der Waals surface area contributed by atoms with Crippen LogP contribution in [0.5, 0.6) is 0 Å². The molecule has 0 heterocycles. The van der Waals surface area contributed by atoms with Gasteiger partial charge in [0.1, 0.15) is 5.60 Å². The Bertz CT molecular complexity index is 700. The molecule has 0 fully saturated rings. The highest BCUT2D eigenvalue weighted by Gasteiger charge is 2.40. The van der Waals surface area contributed by atoms with Crippen molar-refractivity contribution in [1.82, 2.24) is 0 Å². The quantitative estimate of drug-likeness (QED) is 0.550. The molecule has 0 aliphatic heterocycles. The Hall–Kier alpha value is -2.41. The van der Waals surface area contributed by atoms with Gasteiger partial charge in [0.15, 0.2) is 11.2 Å². The van der Waals surface area contributed by atoms with Crippen molar-refractivity contribution in [3.8, 4) is 6.07 Å². The summed E-state index contributed by atoms with van der Waals surface area (Å²) in [7, 11) is 0. The zero-order valence-electron chi connectivity index (χ0n) is 16.6. The average molecular weight is 355 g/mol. The average Bonchev–Trinajstić information content (AvgIpc) is 2.53. The number of benzene rings is 1. The Morgan fingerprint density at radius 3 is 2.12 bits per heavy atom. The summed E-state index contributed by atoms with van der Waals surface area (Å²) >= 11 is 0. The third-order valence-corrected chi connectivity index (χ3v) is 3.87. The molecule has 4 heteroatoms. The molecule has 1 aromatic rings. The predicted octanol–water partition coefficient (Wildman–Crippen LogP) is 4.64. The first kappa shape index (κ1) is 21.6. The second-order valence-corrected chi connectivity index (χ2v) is 8.52. The van der Waals surface area contributed by atoms with Crippen molar-refractivity contribution in [3.05, 3.63) is 48.0 Å². The third-order valence-electron chi connectivity index (χ3n) is 3.87. The van der Waals surface area contributed by atoms with Crippen LogP contribution in [0, 0.1) is 22.2 Å². The summed E-state index contributed by atoms with van der Waals surface area (Å²) in [5.41, 5.74) is -1.77. The number of carbonyl (C=O) groups is 2. The monoisotopic (exact) mass is 355 g/mol. The summed E-state index contributed by atoms with van der Waals surface area (Å²) in [6, 6.07) is 11.7. The number of ether oxygens (including phenoxy) is 1. The molecular weight excluding hydrogens is 326 g/mol. The highest BCUT2D eigenvalue weighted by molar-refractivity contribution is 5.95. The normalized spacial score (nSPS) is 14.5. The molecule has 4 nitrogen and oxygen atoms in total. The minimum atomic E-state index is -1.50. The number of allylic oxidation sites excluding steroid dienone is 1. The van der Waals surface area contributed by atoms with E-state index in [4.69, 9.17) is 4.74 Å². The summed E-state index contributed by atoms with van der Waals surface area (Å²) < 4.78 is 5.48. The zero-order valence-corrected chi connectivity index (χ0v) is 16.6. The molecule has 0 amide bonds. The van der Waals surface area contributed by atoms with E-state index in [1.54, 1.807) is 41.5 Å². The SMILES string of the molecule is CC(C)(C)OC(=O)[C@](C#N)(/C=C\C(=O)C(C)(C)C)CCc1ccccc1. The summed E-state index contributed by atoms with van der Waals surface area (Å²) in [6.45, 7) is 10.7. The molecule has 140 valence electrons. The smallest absolute Gasteiger partial charge is 0.331 e. The molecule has 0 aliphatic rings. The highest BCUT2D eigenvalue weighted by Crippen LogP contribution is 2.30. The molecule has 0 saturated carbocycles. The molecule has 0 aromatic heterocycles. The van der Waals surface area contributed by atoms with Crippen LogP contribution in [0.4, 0.5) is 0 Å². The Labute approximate surface area is 156 Å². The van der Waals surface area contributed by atoms with E-state index in [9.17, 15) is 14.9 Å². The van der Waals surface area contributed by atoms with Crippen LogP contribution >= 0.6 is 0 Å². The van der Waals surface area contributed by atoms with E-state index in [2.05, 4.69) is 6.07 Å². The number of carbonyl (C=O) groups excluding carboxylic acids is 2. The highest BCUT2D eigenvalue weighted by atomic mass is 16.6. The fourth-order valence-electron chi connectivity index (χ4n) is 2.22. The fourth-order valence-corrected chi connectivity index (χ4v) is 2.22. The molecule has 0 N–H and O–H groups in total. The van der Waals surface area contributed by atoms with Gasteiger partial charge in [0.2, 0.25) is 0 Å². The van der Waals surface area contributed by atoms with Crippen LogP contribution in [0.2, 0.25) is 0 Å². The lowest BCUT2D eigenvalue weighted by Crippen LogP contribution is -2.36. The largest absolute Gasteiger partial charge is 0.459 e. The lowest BCUT2D eigenvalue weighted by Gasteiger charge is -2.27. The lowest BCUT2D eigenvalue weighted by molar-refractivity contribution is -0.161. The van der Waals surface area contributed by atoms with Crippen molar-refractivity contribution in [3.63, 3.8) is 0 Å². The van der Waals surface area contributed by atoms with Crippen molar-refractivity contribution in [2.24, 2.45) is 10.8 Å². The van der Waals surface area contributed by atoms with Crippen molar-refractivity contribution in [2.75, 3.05) is 0 Å². The summed E-state index contributed by atoms with van der Waals surface area (Å²) in [5, 5.41) is 9.82. The van der Waals surface area contributed by atoms with Gasteiger partial charge in [-0.05, 0) is 51.3 Å². The van der Waals surface area contributed by atoms with E-state index < -0.39 is 22.4 Å². The van der Waals surface area contributed by atoms with Crippen LogP contribution in [0.15, 0.2) is 42.5 Å². The molecule has 1 rings (SSSR count). The molecule has 0 bridgehead atoms. The second-order valence-electron chi connectivity index (χ2n) is 8.52. The maximum absolute atomic E-state index is 12.8. The molecule has 0 spiro atoms. The van der Waals surface area contributed by atoms with Crippen LogP contribution in [-0.2, 0) is 20.7 Å². The van der Waals surface area contributed by atoms with Crippen molar-refractivity contribution in [2.45, 2.75) is 60.0 Å². The van der Waals surface area contributed by atoms with Gasteiger partial charge < -0.3 is 4.74 Å². The summed E-state index contributed by atoms with van der Waals surface area (Å²) in [5.74, 6) is -0.762. The minimum absolute atomic E-state index is 0.139. The van der Waals surface area contributed by atoms with E-state index in [0.29, 0.717) is 6.42 Å². The first-order valence-electron chi connectivity index (χ1n) is 8.82. The van der Waals surface area contributed by atoms with Gasteiger partial charge in [-0.15, -0.1) is 0 Å². The number of hydrogen-bond donors (Lipinski definition) is 0. The maximum atomic E-state index is 12.8. The first-order valence-corrected chi connectivity index (χ1v) is 8.82. The lowest BCUT2D eigenvalue weighted by atomic mass is 9.81. The summed E-state index contributed by atoms with van der Waals surface area (Å²) in [4.78, 5) is 25.0. The van der Waals surface area contributed by atoms with E-state index >= 15 is 0 Å². The number of rotatable bonds is 6. The molecule has 26 heavy (non-hydrogen) atoms. The van der Waals surface area contributed by atoms with E-state index in [-0.39, 0.29) is 12.2 Å². The third kappa shape index (κ3) is 6.48. The van der Waals surface area contributed by atoms with E-state index in [0.717, 1.165) is 5.56 Å². The minimum Gasteiger partial charge on any atom is -0.459 e. The second kappa shape index (κ2) is 8.31. The van der Waals surface area contributed by atoms with Gasteiger partial charge in [0.05, 0.1) is 6.07 Å². The maximum Gasteiger partial charge on any atom is 0.331 e. The number of ketones is 1. The van der Waals surface area contributed by atoms with Crippen LogP contribution < -0.4 is 0 Å². The first-order chi connectivity index (χ1) is 11.9. The number of nitriles is 1. The van der Waals surface area contributed by atoms with Crippen molar-refractivity contribution in [1.29, 1.82) is 5.26 Å². The Morgan fingerprint density at radius 1 is 1.08 bits per heavy atom. The van der Waals surface area contributed by atoms with Gasteiger partial charge in [0, 0.05) is 5.41 Å². The fraction of sp³-hybridized carbons (Fsp3) is 0.500. The Balaban J connectivity index is 3.16. The van der Waals surface area contributed by atoms with E-state index in [1.165, 1.54) is 12.2 Å². The molecule has 1 aromatic carbocycles. The van der Waals surface area contributed by atoms with Gasteiger partial charge in [-0.1, -0.05) is 51.1 Å². The van der Waals surface area contributed by atoms with Crippen LogP contribution in [0.25, 0.3) is 0 Å². The van der Waals surface area contributed by atoms with Gasteiger partial charge in [-0.25, -0.2) is 4.79 Å². The Kier molecular flexibility index (Phi) is 6.92.